The molecule has 4 amide bonds. The minimum Gasteiger partial charge on any atom is -0.502 e. The van der Waals surface area contributed by atoms with Gasteiger partial charge in [0.25, 0.3) is 5.91 Å². The lowest BCUT2D eigenvalue weighted by Crippen LogP contribution is -2.57. The monoisotopic (exact) mass is 533 g/mol. The van der Waals surface area contributed by atoms with Crippen molar-refractivity contribution >= 4 is 100 Å². The normalized spacial score (nSPS) is 20.1. The van der Waals surface area contributed by atoms with Crippen LogP contribution in [0.3, 0.4) is 0 Å². The minimum atomic E-state index is -2.20. The van der Waals surface area contributed by atoms with Crippen LogP contribution in [0.2, 0.25) is 0 Å². The van der Waals surface area contributed by atoms with Gasteiger partial charge in [-0.25, -0.2) is 0 Å². The highest BCUT2D eigenvalue weighted by Crippen LogP contribution is 2.35. The van der Waals surface area contributed by atoms with E-state index in [2.05, 4.69) is 5.32 Å². The van der Waals surface area contributed by atoms with E-state index in [0.29, 0.717) is 5.56 Å². The Kier molecular flexibility index (Phi) is 7.74. The highest BCUT2D eigenvalue weighted by molar-refractivity contribution is 6.60. The first-order valence-corrected chi connectivity index (χ1v) is 12.8. The molecule has 41 heavy (non-hydrogen) atoms. The highest BCUT2D eigenvalue weighted by atomic mass is 16.5. The van der Waals surface area contributed by atoms with Crippen LogP contribution in [0.25, 0.3) is 0 Å². The van der Waals surface area contributed by atoms with Gasteiger partial charge in [0.2, 0.25) is 17.7 Å². The maximum Gasteiger partial charge on any atom is 0.255 e. The molecule has 2 fully saturated rings. The van der Waals surface area contributed by atoms with Gasteiger partial charge in [0.05, 0.1) is 13.2 Å². The molecular formula is C25H18B7N3O6. The fourth-order valence-electron chi connectivity index (χ4n) is 5.46. The van der Waals surface area contributed by atoms with Crippen LogP contribution in [0.5, 0.6) is 5.75 Å². The average Bonchev–Trinajstić information content (AvgIpc) is 3.24. The van der Waals surface area contributed by atoms with E-state index in [1.54, 1.807) is 18.2 Å². The molecule has 2 unspecified atom stereocenters. The summed E-state index contributed by atoms with van der Waals surface area (Å²) in [4.78, 5) is 52.3. The second-order valence-electron chi connectivity index (χ2n) is 10.1. The van der Waals surface area contributed by atoms with Crippen LogP contribution in [0, 0.1) is 0 Å². The summed E-state index contributed by atoms with van der Waals surface area (Å²) in [6, 6.07) is 3.85. The number of imide groups is 1. The first-order chi connectivity index (χ1) is 19.3. The number of rotatable bonds is 6. The molecule has 0 aliphatic carbocycles. The van der Waals surface area contributed by atoms with E-state index in [9.17, 15) is 19.2 Å². The summed E-state index contributed by atoms with van der Waals surface area (Å²) in [5.41, 5.74) is 0.231. The van der Waals surface area contributed by atoms with E-state index in [0.717, 1.165) is 0 Å². The molecule has 0 aromatic heterocycles. The Balaban J connectivity index is 1.47. The maximum absolute atomic E-state index is 13.2. The molecule has 14 radical (unpaired) electrons. The van der Waals surface area contributed by atoms with Gasteiger partial charge in [0, 0.05) is 35.4 Å². The molecule has 16 heteroatoms. The van der Waals surface area contributed by atoms with Gasteiger partial charge < -0.3 is 19.3 Å². The van der Waals surface area contributed by atoms with Crippen molar-refractivity contribution in [3.05, 3.63) is 40.5 Å². The van der Waals surface area contributed by atoms with Gasteiger partial charge in [-0.3, -0.25) is 24.5 Å². The van der Waals surface area contributed by atoms with Crippen LogP contribution >= 0.6 is 0 Å². The fraction of sp³-hybridized carbons (Fsp3) is 0.360. The molecule has 1 N–H and O–H groups in total. The van der Waals surface area contributed by atoms with Crippen molar-refractivity contribution in [1.82, 2.24) is 15.1 Å². The number of carbonyl (C=O) groups excluding carboxylic acids is 4. The summed E-state index contributed by atoms with van der Waals surface area (Å²) in [5, 5.41) is 0.0550. The van der Waals surface area contributed by atoms with Gasteiger partial charge in [-0.05, 0) is 29.7 Å². The quantitative estimate of drug-likeness (QED) is 0.296. The number of piperidine rings is 1. The van der Waals surface area contributed by atoms with Crippen LogP contribution in [0.1, 0.15) is 45.8 Å². The van der Waals surface area contributed by atoms with Crippen molar-refractivity contribution in [2.45, 2.75) is 36.8 Å². The molecule has 3 heterocycles. The number of benzene rings is 2. The first-order valence-electron chi connectivity index (χ1n) is 12.8. The molecule has 0 saturated carbocycles. The molecule has 2 aromatic carbocycles. The van der Waals surface area contributed by atoms with Crippen molar-refractivity contribution in [3.63, 3.8) is 0 Å². The smallest absolute Gasteiger partial charge is 0.255 e. The van der Waals surface area contributed by atoms with Crippen LogP contribution in [0.4, 0.5) is 0 Å². The SMILES string of the molecule is [B]c1c([B])c(C([B])([B])Oc2cccc3c2CN(C2CCC(=O)NC2=O)C3=O)c([B])c([B])c1C([B])N1CCOCC1=O. The Morgan fingerprint density at radius 2 is 1.71 bits per heavy atom. The molecule has 9 nitrogen and oxygen atoms in total. The third-order valence-electron chi connectivity index (χ3n) is 7.56. The second kappa shape index (κ2) is 10.9. The number of nitrogens with zero attached hydrogens (tertiary/aromatic N) is 2. The topological polar surface area (TPSA) is 105 Å². The van der Waals surface area contributed by atoms with Gasteiger partial charge in [-0.1, -0.05) is 27.9 Å². The van der Waals surface area contributed by atoms with Crippen molar-refractivity contribution in [1.29, 1.82) is 0 Å². The summed E-state index contributed by atoms with van der Waals surface area (Å²) < 4.78 is 11.2. The lowest BCUT2D eigenvalue weighted by Gasteiger charge is -2.39. The van der Waals surface area contributed by atoms with Gasteiger partial charge in [0.1, 0.15) is 73.3 Å². The summed E-state index contributed by atoms with van der Waals surface area (Å²) in [7, 11) is 44.6. The summed E-state index contributed by atoms with van der Waals surface area (Å²) >= 11 is 0. The predicted octanol–water partition coefficient (Wildman–Crippen LogP) is -4.82. The number of carbonyl (C=O) groups is 4. The minimum absolute atomic E-state index is 0.00328. The van der Waals surface area contributed by atoms with Gasteiger partial charge in [-0.15, -0.1) is 0 Å². The molecule has 3 aliphatic rings. The molecule has 2 atom stereocenters. The van der Waals surface area contributed by atoms with Gasteiger partial charge >= 0.3 is 0 Å². The summed E-state index contributed by atoms with van der Waals surface area (Å²) in [6.45, 7) is 0.331. The van der Waals surface area contributed by atoms with E-state index in [4.69, 9.17) is 64.4 Å². The Bertz CT molecular complexity index is 1460. The molecule has 0 spiro atoms. The molecule has 2 aromatic rings. The average molecular weight is 532 g/mol. The van der Waals surface area contributed by atoms with E-state index in [1.807, 2.05) is 0 Å². The number of hydrogen-bond acceptors (Lipinski definition) is 6. The Morgan fingerprint density at radius 3 is 2.34 bits per heavy atom. The fourth-order valence-corrected chi connectivity index (χ4v) is 5.46. The van der Waals surface area contributed by atoms with Crippen LogP contribution in [-0.2, 0) is 31.1 Å². The standard InChI is InChI=1S/C25H18B7N3O6/c26-18-16(22(30)34-6-7-40-9-15(34)37)19(27)21(29)17(20(18)28)25(31,32)41-13-3-1-2-10-11(13)8-35(24(10)39)12-4-5-14(36)33-23(12)38/h1-3,12,22H,4-9H2,(H,33,36,38). The third-order valence-corrected chi connectivity index (χ3v) is 7.56. The lowest BCUT2D eigenvalue weighted by atomic mass is 9.51. The molecule has 190 valence electrons. The van der Waals surface area contributed by atoms with Gasteiger partial charge in [-0.2, -0.15) is 0 Å². The second-order valence-corrected chi connectivity index (χ2v) is 10.1. The van der Waals surface area contributed by atoms with Crippen molar-refractivity contribution < 1.29 is 28.7 Å². The number of fused-ring (bicyclic) bond motifs is 1. The number of ether oxygens (including phenoxy) is 2. The Labute approximate surface area is 246 Å². The summed E-state index contributed by atoms with van der Waals surface area (Å²) in [5.74, 6) is -2.67. The van der Waals surface area contributed by atoms with E-state index in [-0.39, 0.29) is 89.3 Å². The lowest BCUT2D eigenvalue weighted by molar-refractivity contribution is -0.143. The number of amides is 4. The van der Waals surface area contributed by atoms with E-state index >= 15 is 0 Å². The predicted molar refractivity (Wildman–Crippen MR) is 155 cm³/mol. The Hall–Kier alpha value is -3.27. The first kappa shape index (κ1) is 29.2. The third kappa shape index (κ3) is 5.04. The molecule has 5 rings (SSSR count). The largest absolute Gasteiger partial charge is 0.502 e. The number of nitrogens with one attached hydrogen (secondary N) is 1. The highest BCUT2D eigenvalue weighted by Gasteiger charge is 2.41. The van der Waals surface area contributed by atoms with Crippen LogP contribution < -0.4 is 31.9 Å². The zero-order chi connectivity index (χ0) is 29.8. The van der Waals surface area contributed by atoms with E-state index in [1.165, 1.54) is 9.80 Å². The molecule has 2 saturated heterocycles. The zero-order valence-corrected chi connectivity index (χ0v) is 22.0. The van der Waals surface area contributed by atoms with Crippen LogP contribution in [-0.4, -0.2) is 114 Å². The zero-order valence-electron chi connectivity index (χ0n) is 22.0. The van der Waals surface area contributed by atoms with Crippen molar-refractivity contribution in [3.8, 4) is 5.75 Å². The molecule has 3 aliphatic heterocycles. The molecular weight excluding hydrogens is 514 g/mol. The number of morpholine rings is 1. The Morgan fingerprint density at radius 1 is 1.02 bits per heavy atom. The van der Waals surface area contributed by atoms with E-state index < -0.39 is 35.1 Å². The summed E-state index contributed by atoms with van der Waals surface area (Å²) in [6.07, 6.45) is 0.295. The van der Waals surface area contributed by atoms with Crippen LogP contribution in [0.15, 0.2) is 18.2 Å². The van der Waals surface area contributed by atoms with Crippen molar-refractivity contribution in [2.24, 2.45) is 0 Å². The maximum atomic E-state index is 13.2. The number of hydrogen-bond donors (Lipinski definition) is 1. The molecule has 0 bridgehead atoms. The van der Waals surface area contributed by atoms with Gasteiger partial charge in [0.15, 0.2) is 0 Å². The van der Waals surface area contributed by atoms with Crippen molar-refractivity contribution in [2.75, 3.05) is 19.8 Å².